The Hall–Kier alpha value is -1.64. The Morgan fingerprint density at radius 3 is 2.80 bits per heavy atom. The number of nitrogens with one attached hydrogen (secondary N) is 1. The maximum absolute atomic E-state index is 14.6. The first kappa shape index (κ1) is 16.8. The maximum Gasteiger partial charge on any atom is 0.265 e. The number of amides is 1. The minimum absolute atomic E-state index is 0.0650. The Balaban J connectivity index is 1.62. The molecule has 4 rings (SSSR count). The fourth-order valence-corrected chi connectivity index (χ4v) is 4.00. The van der Waals surface area contributed by atoms with Crippen molar-refractivity contribution in [3.05, 3.63) is 29.2 Å². The number of nitrogens with zero attached hydrogens (tertiary/aromatic N) is 3. The molecule has 0 radical (unpaired) electrons. The first-order chi connectivity index (χ1) is 12.1. The van der Waals surface area contributed by atoms with E-state index in [1.807, 2.05) is 15.9 Å². The van der Waals surface area contributed by atoms with Crippen LogP contribution in [0.4, 0.5) is 4.39 Å². The van der Waals surface area contributed by atoms with Crippen LogP contribution in [0.3, 0.4) is 0 Å². The van der Waals surface area contributed by atoms with Crippen LogP contribution in [0.5, 0.6) is 0 Å². The Labute approximate surface area is 150 Å². The highest BCUT2D eigenvalue weighted by molar-refractivity contribution is 7.95. The molecule has 0 spiro atoms. The summed E-state index contributed by atoms with van der Waals surface area (Å²) < 4.78 is 26.6. The molecule has 25 heavy (non-hydrogen) atoms. The zero-order valence-corrected chi connectivity index (χ0v) is 14.9. The second-order valence-corrected chi connectivity index (χ2v) is 7.43. The number of hydrogen-bond donors (Lipinski definition) is 1. The van der Waals surface area contributed by atoms with Crippen molar-refractivity contribution >= 4 is 28.9 Å². The van der Waals surface area contributed by atoms with Gasteiger partial charge in [-0.3, -0.25) is 14.2 Å². The molecular formula is C17H21FN4O2S. The van der Waals surface area contributed by atoms with Crippen molar-refractivity contribution in [1.82, 2.24) is 18.8 Å². The van der Waals surface area contributed by atoms with Crippen LogP contribution in [0, 0.1) is 12.7 Å². The monoisotopic (exact) mass is 364 g/mol. The van der Waals surface area contributed by atoms with E-state index in [0.29, 0.717) is 13.2 Å². The van der Waals surface area contributed by atoms with Gasteiger partial charge in [0, 0.05) is 49.9 Å². The van der Waals surface area contributed by atoms with Crippen LogP contribution in [-0.4, -0.2) is 46.3 Å². The summed E-state index contributed by atoms with van der Waals surface area (Å²) in [4.78, 5) is 12.3. The van der Waals surface area contributed by atoms with E-state index in [9.17, 15) is 9.18 Å². The molecular weight excluding hydrogens is 343 g/mol. The molecule has 1 N–H and O–H groups in total. The van der Waals surface area contributed by atoms with Crippen molar-refractivity contribution in [1.29, 1.82) is 0 Å². The summed E-state index contributed by atoms with van der Waals surface area (Å²) in [5.41, 5.74) is 1.62. The van der Waals surface area contributed by atoms with Crippen molar-refractivity contribution in [3.8, 4) is 0 Å². The molecule has 2 aliphatic heterocycles. The van der Waals surface area contributed by atoms with Crippen LogP contribution in [0.2, 0.25) is 0 Å². The lowest BCUT2D eigenvalue weighted by Gasteiger charge is -2.28. The third-order valence-corrected chi connectivity index (χ3v) is 5.74. The summed E-state index contributed by atoms with van der Waals surface area (Å²) in [6.07, 6.45) is 2.87. The fourth-order valence-electron chi connectivity index (χ4n) is 3.23. The number of carbonyl (C=O) groups excluding carboxylic acids is 1. The normalized spacial score (nSPS) is 19.1. The Bertz CT molecular complexity index is 800. The summed E-state index contributed by atoms with van der Waals surface area (Å²) in [5.74, 6) is -0.920. The Kier molecular flexibility index (Phi) is 4.66. The van der Waals surface area contributed by atoms with Gasteiger partial charge in [-0.25, -0.2) is 8.70 Å². The summed E-state index contributed by atoms with van der Waals surface area (Å²) in [5, 5.41) is 5.43. The van der Waals surface area contributed by atoms with Crippen LogP contribution in [0.25, 0.3) is 10.9 Å². The van der Waals surface area contributed by atoms with Gasteiger partial charge >= 0.3 is 0 Å². The van der Waals surface area contributed by atoms with Gasteiger partial charge < -0.3 is 4.74 Å². The van der Waals surface area contributed by atoms with Gasteiger partial charge in [0.05, 0.1) is 22.8 Å². The van der Waals surface area contributed by atoms with E-state index in [-0.39, 0.29) is 11.6 Å². The molecule has 2 aliphatic rings. The van der Waals surface area contributed by atoms with E-state index < -0.39 is 11.7 Å². The number of benzene rings is 1. The van der Waals surface area contributed by atoms with E-state index in [2.05, 4.69) is 9.82 Å². The number of ether oxygens (including phenoxy) is 1. The van der Waals surface area contributed by atoms with Crippen LogP contribution in [-0.2, 0) is 4.74 Å². The van der Waals surface area contributed by atoms with E-state index in [4.69, 9.17) is 4.74 Å². The minimum Gasteiger partial charge on any atom is -0.381 e. The molecule has 1 aromatic carbocycles. The topological polar surface area (TPSA) is 59.4 Å². The molecule has 1 aromatic heterocycles. The third-order valence-electron chi connectivity index (χ3n) is 4.84. The summed E-state index contributed by atoms with van der Waals surface area (Å²) in [7, 11) is 0. The molecule has 0 bridgehead atoms. The largest absolute Gasteiger partial charge is 0.381 e. The molecule has 6 nitrogen and oxygen atoms in total. The minimum atomic E-state index is -0.512. The average Bonchev–Trinajstić information content (AvgIpc) is 2.89. The molecule has 0 unspecified atom stereocenters. The number of fused-ring (bicyclic) bond motifs is 1. The SMILES string of the molecule is Cc1nn(C2CCOCC2)c2cc(F)c(C(=O)NSN3CCC3)cc12. The van der Waals surface area contributed by atoms with Crippen molar-refractivity contribution in [2.45, 2.75) is 32.2 Å². The number of halogens is 1. The predicted molar refractivity (Wildman–Crippen MR) is 94.8 cm³/mol. The van der Waals surface area contributed by atoms with Crippen LogP contribution < -0.4 is 4.72 Å². The highest BCUT2D eigenvalue weighted by Gasteiger charge is 2.23. The molecule has 8 heteroatoms. The number of carbonyl (C=O) groups is 1. The quantitative estimate of drug-likeness (QED) is 0.846. The second kappa shape index (κ2) is 6.93. The molecule has 134 valence electrons. The van der Waals surface area contributed by atoms with Crippen molar-refractivity contribution < 1.29 is 13.9 Å². The van der Waals surface area contributed by atoms with Gasteiger partial charge in [0.15, 0.2) is 0 Å². The lowest BCUT2D eigenvalue weighted by atomic mass is 10.1. The van der Waals surface area contributed by atoms with Gasteiger partial charge in [-0.15, -0.1) is 0 Å². The summed E-state index contributed by atoms with van der Waals surface area (Å²) >= 11 is 1.24. The lowest BCUT2D eigenvalue weighted by molar-refractivity contribution is 0.0674. The third kappa shape index (κ3) is 3.26. The van der Waals surface area contributed by atoms with E-state index in [0.717, 1.165) is 48.9 Å². The molecule has 2 aromatic rings. The average molecular weight is 364 g/mol. The highest BCUT2D eigenvalue weighted by Crippen LogP contribution is 2.29. The number of rotatable bonds is 4. The maximum atomic E-state index is 14.6. The Morgan fingerprint density at radius 2 is 2.12 bits per heavy atom. The molecule has 1 amide bonds. The summed E-state index contributed by atoms with van der Waals surface area (Å²) in [6, 6.07) is 3.27. The highest BCUT2D eigenvalue weighted by atomic mass is 32.2. The first-order valence-corrected chi connectivity index (χ1v) is 9.39. The van der Waals surface area contributed by atoms with E-state index in [1.54, 1.807) is 6.07 Å². The molecule has 2 fully saturated rings. The predicted octanol–water partition coefficient (Wildman–Crippen LogP) is 2.83. The van der Waals surface area contributed by atoms with Gasteiger partial charge in [0.25, 0.3) is 5.91 Å². The van der Waals surface area contributed by atoms with Crippen molar-refractivity contribution in [3.63, 3.8) is 0 Å². The van der Waals surface area contributed by atoms with Crippen LogP contribution in [0.1, 0.15) is 41.4 Å². The fraction of sp³-hybridized carbons (Fsp3) is 0.529. The van der Waals surface area contributed by atoms with E-state index >= 15 is 0 Å². The van der Waals surface area contributed by atoms with Gasteiger partial charge in [-0.1, -0.05) is 0 Å². The molecule has 3 heterocycles. The first-order valence-electron chi connectivity index (χ1n) is 8.62. The number of aryl methyl sites for hydroxylation is 1. The second-order valence-electron chi connectivity index (χ2n) is 6.53. The number of aromatic nitrogens is 2. The zero-order valence-electron chi connectivity index (χ0n) is 14.1. The van der Waals surface area contributed by atoms with Crippen molar-refractivity contribution in [2.24, 2.45) is 0 Å². The lowest BCUT2D eigenvalue weighted by Crippen LogP contribution is -2.35. The van der Waals surface area contributed by atoms with E-state index in [1.165, 1.54) is 18.2 Å². The Morgan fingerprint density at radius 1 is 1.36 bits per heavy atom. The van der Waals surface area contributed by atoms with Gasteiger partial charge in [0.2, 0.25) is 0 Å². The van der Waals surface area contributed by atoms with Crippen LogP contribution >= 0.6 is 12.1 Å². The van der Waals surface area contributed by atoms with Gasteiger partial charge in [-0.05, 0) is 32.3 Å². The van der Waals surface area contributed by atoms with Crippen molar-refractivity contribution in [2.75, 3.05) is 26.3 Å². The summed E-state index contributed by atoms with van der Waals surface area (Å²) in [6.45, 7) is 5.18. The zero-order chi connectivity index (χ0) is 17.4. The van der Waals surface area contributed by atoms with Gasteiger partial charge in [0.1, 0.15) is 5.82 Å². The standard InChI is InChI=1S/C17H21FN4O2S/c1-11-13-9-14(17(23)20-25-21-5-2-6-21)15(18)10-16(13)22(19-11)12-3-7-24-8-4-12/h9-10,12H,2-8H2,1H3,(H,20,23). The molecule has 2 saturated heterocycles. The van der Waals surface area contributed by atoms with Gasteiger partial charge in [-0.2, -0.15) is 5.10 Å². The number of hydrogen-bond acceptors (Lipinski definition) is 5. The molecule has 0 atom stereocenters. The molecule has 0 aliphatic carbocycles. The van der Waals surface area contributed by atoms with Crippen LogP contribution in [0.15, 0.2) is 12.1 Å². The smallest absolute Gasteiger partial charge is 0.265 e. The molecule has 0 saturated carbocycles.